The third kappa shape index (κ3) is 2.81. The Morgan fingerprint density at radius 3 is 2.43 bits per heavy atom. The van der Waals surface area contributed by atoms with Crippen LogP contribution in [0.5, 0.6) is 0 Å². The lowest BCUT2D eigenvalue weighted by atomic mass is 10.1. The zero-order valence-electron chi connectivity index (χ0n) is 10.8. The van der Waals surface area contributed by atoms with Gasteiger partial charge in [0, 0.05) is 17.0 Å². The molecular weight excluding hydrogens is 279 g/mol. The highest BCUT2D eigenvalue weighted by atomic mass is 19.4. The first kappa shape index (κ1) is 13.4. The highest BCUT2D eigenvalue weighted by Gasteiger charge is 2.29. The minimum Gasteiger partial charge on any atom is -0.471 e. The van der Waals surface area contributed by atoms with E-state index in [9.17, 15) is 13.2 Å². The lowest BCUT2D eigenvalue weighted by Crippen LogP contribution is -2.04. The molecule has 0 spiro atoms. The van der Waals surface area contributed by atoms with Gasteiger partial charge in [-0.2, -0.15) is 13.2 Å². The summed E-state index contributed by atoms with van der Waals surface area (Å²) in [5.41, 5.74) is 0.640. The lowest BCUT2D eigenvalue weighted by Gasteiger charge is -2.05. The smallest absolute Gasteiger partial charge is 0.416 e. The molecule has 5 heteroatoms. The molecule has 1 aromatic heterocycles. The van der Waals surface area contributed by atoms with Gasteiger partial charge in [-0.1, -0.05) is 24.3 Å². The van der Waals surface area contributed by atoms with Gasteiger partial charge in [-0.3, -0.25) is 4.99 Å². The van der Waals surface area contributed by atoms with Gasteiger partial charge in [0.15, 0.2) is 0 Å². The maximum Gasteiger partial charge on any atom is 0.416 e. The molecule has 106 valence electrons. The summed E-state index contributed by atoms with van der Waals surface area (Å²) in [7, 11) is 0. The third-order valence-electron chi connectivity index (χ3n) is 3.09. The minimum atomic E-state index is -4.32. The van der Waals surface area contributed by atoms with Gasteiger partial charge in [-0.15, -0.1) is 0 Å². The second-order valence-corrected chi connectivity index (χ2v) is 4.53. The largest absolute Gasteiger partial charge is 0.471 e. The van der Waals surface area contributed by atoms with E-state index in [-0.39, 0.29) is 0 Å². The maximum absolute atomic E-state index is 12.5. The van der Waals surface area contributed by atoms with E-state index in [1.165, 1.54) is 18.3 Å². The van der Waals surface area contributed by atoms with E-state index >= 15 is 0 Å². The first-order chi connectivity index (χ1) is 10.0. The lowest BCUT2D eigenvalue weighted by molar-refractivity contribution is -0.137. The number of nitrogens with zero attached hydrogens (tertiary/aromatic N) is 1. The zero-order valence-corrected chi connectivity index (χ0v) is 10.8. The van der Waals surface area contributed by atoms with E-state index in [1.54, 1.807) is 12.5 Å². The fraction of sp³-hybridized carbons (Fsp3) is 0.0625. The van der Waals surface area contributed by atoms with Crippen LogP contribution in [0.3, 0.4) is 0 Å². The first-order valence-corrected chi connectivity index (χ1v) is 6.20. The topological polar surface area (TPSA) is 25.5 Å². The highest BCUT2D eigenvalue weighted by molar-refractivity contribution is 5.94. The van der Waals surface area contributed by atoms with E-state index in [4.69, 9.17) is 4.42 Å². The normalized spacial score (nSPS) is 12.3. The van der Waals surface area contributed by atoms with Crippen LogP contribution in [0.2, 0.25) is 0 Å². The molecule has 0 aliphatic rings. The van der Waals surface area contributed by atoms with Crippen molar-refractivity contribution >= 4 is 22.7 Å². The van der Waals surface area contributed by atoms with Crippen molar-refractivity contribution in [3.8, 4) is 0 Å². The van der Waals surface area contributed by atoms with Gasteiger partial charge in [-0.25, -0.2) is 0 Å². The van der Waals surface area contributed by atoms with E-state index in [0.717, 1.165) is 22.9 Å². The first-order valence-electron chi connectivity index (χ1n) is 6.20. The van der Waals surface area contributed by atoms with E-state index < -0.39 is 11.7 Å². The van der Waals surface area contributed by atoms with Crippen molar-refractivity contribution in [3.05, 3.63) is 66.1 Å². The van der Waals surface area contributed by atoms with Crippen LogP contribution < -0.4 is 0 Å². The predicted molar refractivity (Wildman–Crippen MR) is 74.9 cm³/mol. The number of furan rings is 1. The van der Waals surface area contributed by atoms with Crippen molar-refractivity contribution in [2.75, 3.05) is 0 Å². The molecular formula is C16H10F3NO. The molecule has 3 aromatic rings. The monoisotopic (exact) mass is 289 g/mol. The molecule has 0 unspecified atom stereocenters. The molecule has 0 bridgehead atoms. The number of hydrogen-bond donors (Lipinski definition) is 0. The Kier molecular flexibility index (Phi) is 3.25. The second kappa shape index (κ2) is 5.09. The Morgan fingerprint density at radius 2 is 1.71 bits per heavy atom. The number of benzene rings is 2. The fourth-order valence-corrected chi connectivity index (χ4v) is 1.99. The van der Waals surface area contributed by atoms with E-state index in [0.29, 0.717) is 11.3 Å². The average molecular weight is 289 g/mol. The quantitative estimate of drug-likeness (QED) is 0.595. The Labute approximate surface area is 118 Å². The van der Waals surface area contributed by atoms with E-state index in [2.05, 4.69) is 4.99 Å². The molecule has 0 aliphatic carbocycles. The van der Waals surface area contributed by atoms with Crippen molar-refractivity contribution in [2.45, 2.75) is 6.18 Å². The number of halogens is 3. The summed E-state index contributed by atoms with van der Waals surface area (Å²) < 4.78 is 42.5. The van der Waals surface area contributed by atoms with E-state index in [1.807, 2.05) is 18.2 Å². The molecule has 0 N–H and O–H groups in total. The minimum absolute atomic E-state index is 0.600. The highest BCUT2D eigenvalue weighted by Crippen LogP contribution is 2.29. The van der Waals surface area contributed by atoms with Crippen molar-refractivity contribution in [1.82, 2.24) is 0 Å². The Morgan fingerprint density at radius 1 is 0.952 bits per heavy atom. The molecule has 0 atom stereocenters. The Bertz CT molecular complexity index is 785. The molecule has 3 rings (SSSR count). The number of hydrogen-bond acceptors (Lipinski definition) is 2. The van der Waals surface area contributed by atoms with Crippen LogP contribution in [0.4, 0.5) is 18.9 Å². The van der Waals surface area contributed by atoms with Crippen LogP contribution in [-0.2, 0) is 6.18 Å². The molecule has 0 saturated heterocycles. The standard InChI is InChI=1S/C16H10F3NO/c17-16(18,19)13-6-4-11(5-7-13)8-20-15-3-1-2-12-9-21-10-14(12)15/h1-10H. The average Bonchev–Trinajstić information content (AvgIpc) is 2.93. The van der Waals surface area contributed by atoms with Gasteiger partial charge >= 0.3 is 6.18 Å². The van der Waals surface area contributed by atoms with Gasteiger partial charge in [-0.05, 0) is 23.8 Å². The summed E-state index contributed by atoms with van der Waals surface area (Å²) in [5.74, 6) is 0. The van der Waals surface area contributed by atoms with Crippen LogP contribution in [0.1, 0.15) is 11.1 Å². The number of alkyl halides is 3. The van der Waals surface area contributed by atoms with Crippen LogP contribution in [0.25, 0.3) is 10.8 Å². The summed E-state index contributed by atoms with van der Waals surface area (Å²) in [6, 6.07) is 10.4. The van der Waals surface area contributed by atoms with Gasteiger partial charge < -0.3 is 4.42 Å². The van der Waals surface area contributed by atoms with Crippen molar-refractivity contribution < 1.29 is 17.6 Å². The van der Waals surface area contributed by atoms with Crippen molar-refractivity contribution in [2.24, 2.45) is 4.99 Å². The van der Waals surface area contributed by atoms with Gasteiger partial charge in [0.05, 0.1) is 17.5 Å². The molecule has 2 aromatic carbocycles. The van der Waals surface area contributed by atoms with Crippen molar-refractivity contribution in [1.29, 1.82) is 0 Å². The van der Waals surface area contributed by atoms with Gasteiger partial charge in [0.25, 0.3) is 0 Å². The molecule has 1 heterocycles. The molecule has 0 aliphatic heterocycles. The third-order valence-corrected chi connectivity index (χ3v) is 3.09. The molecule has 0 amide bonds. The summed E-state index contributed by atoms with van der Waals surface area (Å²) in [5, 5.41) is 1.79. The Hall–Kier alpha value is -2.56. The number of aliphatic imine (C=N–C) groups is 1. The zero-order chi connectivity index (χ0) is 14.9. The van der Waals surface area contributed by atoms with Crippen LogP contribution in [-0.4, -0.2) is 6.21 Å². The van der Waals surface area contributed by atoms with Crippen LogP contribution in [0, 0.1) is 0 Å². The summed E-state index contributed by atoms with van der Waals surface area (Å²) in [4.78, 5) is 4.30. The van der Waals surface area contributed by atoms with Gasteiger partial charge in [0.1, 0.15) is 6.26 Å². The predicted octanol–water partition coefficient (Wildman–Crippen LogP) is 5.20. The number of rotatable bonds is 2. The van der Waals surface area contributed by atoms with Crippen molar-refractivity contribution in [3.63, 3.8) is 0 Å². The van der Waals surface area contributed by atoms with Crippen LogP contribution >= 0.6 is 0 Å². The van der Waals surface area contributed by atoms with Crippen LogP contribution in [0.15, 0.2) is 64.4 Å². The summed E-state index contributed by atoms with van der Waals surface area (Å²) in [6.45, 7) is 0. The summed E-state index contributed by atoms with van der Waals surface area (Å²) >= 11 is 0. The maximum atomic E-state index is 12.5. The molecule has 2 nitrogen and oxygen atoms in total. The second-order valence-electron chi connectivity index (χ2n) is 4.53. The molecule has 21 heavy (non-hydrogen) atoms. The van der Waals surface area contributed by atoms with Gasteiger partial charge in [0.2, 0.25) is 0 Å². The Balaban J connectivity index is 1.88. The SMILES string of the molecule is FC(F)(F)c1ccc(C=Nc2cccc3cocc23)cc1. The molecule has 0 saturated carbocycles. The molecule has 0 radical (unpaired) electrons. The fourth-order valence-electron chi connectivity index (χ4n) is 1.99. The number of fused-ring (bicyclic) bond motifs is 1. The molecule has 0 fully saturated rings. The summed E-state index contributed by atoms with van der Waals surface area (Å²) in [6.07, 6.45) is 0.418.